The molecule has 0 bridgehead atoms. The lowest BCUT2D eigenvalue weighted by Gasteiger charge is -2.16. The van der Waals surface area contributed by atoms with Crippen molar-refractivity contribution < 1.29 is 4.79 Å². The zero-order valence-corrected chi connectivity index (χ0v) is 12.9. The second kappa shape index (κ2) is 7.24. The molecule has 21 heavy (non-hydrogen) atoms. The molecule has 6 heteroatoms. The predicted molar refractivity (Wildman–Crippen MR) is 84.9 cm³/mol. The van der Waals surface area contributed by atoms with Crippen LogP contribution in [0.5, 0.6) is 0 Å². The monoisotopic (exact) mass is 306 g/mol. The summed E-state index contributed by atoms with van der Waals surface area (Å²) in [7, 11) is 0. The van der Waals surface area contributed by atoms with Crippen molar-refractivity contribution in [2.24, 2.45) is 5.92 Å². The van der Waals surface area contributed by atoms with Gasteiger partial charge in [-0.1, -0.05) is 31.5 Å². The number of nitrogens with zero attached hydrogens (tertiary/aromatic N) is 2. The third-order valence-electron chi connectivity index (χ3n) is 3.13. The van der Waals surface area contributed by atoms with Crippen molar-refractivity contribution >= 4 is 23.2 Å². The Hall–Kier alpha value is -1.85. The van der Waals surface area contributed by atoms with E-state index in [4.69, 9.17) is 11.6 Å². The SMILES string of the molecule is CCNCC(C)C(=O)Nc1cccc(Cl)c1-n1cccn1. The Bertz CT molecular complexity index is 598. The van der Waals surface area contributed by atoms with Gasteiger partial charge in [0.2, 0.25) is 5.91 Å². The van der Waals surface area contributed by atoms with Crippen LogP contribution in [0.2, 0.25) is 5.02 Å². The average Bonchev–Trinajstić information content (AvgIpc) is 2.98. The largest absolute Gasteiger partial charge is 0.324 e. The standard InChI is InChI=1S/C15H19ClN4O/c1-3-17-10-11(2)15(21)19-13-7-4-6-12(16)14(13)20-9-5-8-18-20/h4-9,11,17H,3,10H2,1-2H3,(H,19,21). The molecule has 1 atom stereocenters. The van der Waals surface area contributed by atoms with Crippen LogP contribution in [0.15, 0.2) is 36.7 Å². The number of benzene rings is 1. The fourth-order valence-electron chi connectivity index (χ4n) is 1.96. The molecular weight excluding hydrogens is 288 g/mol. The molecule has 0 aliphatic heterocycles. The molecule has 5 nitrogen and oxygen atoms in total. The van der Waals surface area contributed by atoms with Crippen molar-refractivity contribution in [3.8, 4) is 5.69 Å². The van der Waals surface area contributed by atoms with Crippen molar-refractivity contribution in [2.45, 2.75) is 13.8 Å². The van der Waals surface area contributed by atoms with Gasteiger partial charge in [-0.3, -0.25) is 4.79 Å². The van der Waals surface area contributed by atoms with Crippen molar-refractivity contribution in [3.05, 3.63) is 41.7 Å². The van der Waals surface area contributed by atoms with Crippen LogP contribution in [0.1, 0.15) is 13.8 Å². The van der Waals surface area contributed by atoms with E-state index >= 15 is 0 Å². The molecule has 112 valence electrons. The number of amides is 1. The minimum absolute atomic E-state index is 0.0494. The molecule has 0 aliphatic carbocycles. The number of aromatic nitrogens is 2. The van der Waals surface area contributed by atoms with E-state index in [0.717, 1.165) is 6.54 Å². The highest BCUT2D eigenvalue weighted by Gasteiger charge is 2.16. The first kappa shape index (κ1) is 15.5. The number of hydrogen-bond donors (Lipinski definition) is 2. The summed E-state index contributed by atoms with van der Waals surface area (Å²) in [5, 5.41) is 10.8. The lowest BCUT2D eigenvalue weighted by Crippen LogP contribution is -2.30. The normalized spacial score (nSPS) is 12.1. The summed E-state index contributed by atoms with van der Waals surface area (Å²) in [6, 6.07) is 7.21. The lowest BCUT2D eigenvalue weighted by molar-refractivity contribution is -0.119. The number of rotatable bonds is 6. The van der Waals surface area contributed by atoms with Crippen molar-refractivity contribution in [1.82, 2.24) is 15.1 Å². The van der Waals surface area contributed by atoms with Crippen molar-refractivity contribution in [3.63, 3.8) is 0 Å². The topological polar surface area (TPSA) is 59.0 Å². The smallest absolute Gasteiger partial charge is 0.228 e. The van der Waals surface area contributed by atoms with Gasteiger partial charge in [-0.15, -0.1) is 0 Å². The van der Waals surface area contributed by atoms with E-state index in [1.807, 2.05) is 26.0 Å². The zero-order chi connectivity index (χ0) is 15.2. The molecule has 0 spiro atoms. The molecule has 0 radical (unpaired) electrons. The van der Waals surface area contributed by atoms with Gasteiger partial charge in [0, 0.05) is 24.9 Å². The summed E-state index contributed by atoms with van der Waals surface area (Å²) in [5.74, 6) is -0.180. The van der Waals surface area contributed by atoms with E-state index in [-0.39, 0.29) is 11.8 Å². The fraction of sp³-hybridized carbons (Fsp3) is 0.333. The number of carbonyl (C=O) groups excluding carboxylic acids is 1. The third kappa shape index (κ3) is 3.83. The minimum Gasteiger partial charge on any atom is -0.324 e. The molecular formula is C15H19ClN4O. The molecule has 2 rings (SSSR count). The molecule has 1 aromatic carbocycles. The molecule has 0 aliphatic rings. The van der Waals surface area contributed by atoms with Gasteiger partial charge in [0.15, 0.2) is 0 Å². The van der Waals surface area contributed by atoms with Gasteiger partial charge in [-0.2, -0.15) is 5.10 Å². The van der Waals surface area contributed by atoms with E-state index in [1.54, 1.807) is 29.2 Å². The maximum atomic E-state index is 12.2. The van der Waals surface area contributed by atoms with Crippen LogP contribution in [0.3, 0.4) is 0 Å². The highest BCUT2D eigenvalue weighted by atomic mass is 35.5. The number of carbonyl (C=O) groups is 1. The molecule has 2 aromatic rings. The number of halogens is 1. The minimum atomic E-state index is -0.130. The van der Waals surface area contributed by atoms with E-state index < -0.39 is 0 Å². The summed E-state index contributed by atoms with van der Waals surface area (Å²) < 4.78 is 1.65. The molecule has 1 unspecified atom stereocenters. The van der Waals surface area contributed by atoms with Crippen LogP contribution >= 0.6 is 11.6 Å². The van der Waals surface area contributed by atoms with Crippen LogP contribution < -0.4 is 10.6 Å². The van der Waals surface area contributed by atoms with Crippen LogP contribution in [-0.4, -0.2) is 28.8 Å². The Morgan fingerprint density at radius 2 is 2.24 bits per heavy atom. The van der Waals surface area contributed by atoms with Crippen molar-refractivity contribution in [2.75, 3.05) is 18.4 Å². The molecule has 2 N–H and O–H groups in total. The maximum Gasteiger partial charge on any atom is 0.228 e. The fourth-order valence-corrected chi connectivity index (χ4v) is 2.22. The van der Waals surface area contributed by atoms with Gasteiger partial charge in [0.1, 0.15) is 5.69 Å². The molecule has 1 heterocycles. The molecule has 0 saturated heterocycles. The predicted octanol–water partition coefficient (Wildman–Crippen LogP) is 2.71. The summed E-state index contributed by atoms with van der Waals surface area (Å²) in [4.78, 5) is 12.2. The van der Waals surface area contributed by atoms with Crippen LogP contribution in [0.4, 0.5) is 5.69 Å². The van der Waals surface area contributed by atoms with Gasteiger partial charge in [-0.05, 0) is 24.7 Å². The number of hydrogen-bond acceptors (Lipinski definition) is 3. The van der Waals surface area contributed by atoms with Crippen LogP contribution in [0, 0.1) is 5.92 Å². The second-order valence-corrected chi connectivity index (χ2v) is 5.19. The highest BCUT2D eigenvalue weighted by Crippen LogP contribution is 2.28. The summed E-state index contributed by atoms with van der Waals surface area (Å²) in [6.45, 7) is 5.38. The third-order valence-corrected chi connectivity index (χ3v) is 3.43. The van der Waals surface area contributed by atoms with Crippen LogP contribution in [0.25, 0.3) is 5.69 Å². The quantitative estimate of drug-likeness (QED) is 0.862. The molecule has 1 aromatic heterocycles. The first-order chi connectivity index (χ1) is 10.1. The molecule has 0 saturated carbocycles. The second-order valence-electron chi connectivity index (χ2n) is 4.78. The number of anilines is 1. The Balaban J connectivity index is 2.21. The Labute approximate surface area is 129 Å². The average molecular weight is 307 g/mol. The number of para-hydroxylation sites is 1. The summed E-state index contributed by atoms with van der Waals surface area (Å²) in [5.41, 5.74) is 1.33. The first-order valence-corrected chi connectivity index (χ1v) is 7.31. The molecule has 1 amide bonds. The maximum absolute atomic E-state index is 12.2. The van der Waals surface area contributed by atoms with Crippen molar-refractivity contribution in [1.29, 1.82) is 0 Å². The number of nitrogens with one attached hydrogen (secondary N) is 2. The highest BCUT2D eigenvalue weighted by molar-refractivity contribution is 6.33. The van der Waals surface area contributed by atoms with E-state index in [2.05, 4.69) is 15.7 Å². The summed E-state index contributed by atoms with van der Waals surface area (Å²) >= 11 is 6.24. The Morgan fingerprint density at radius 1 is 1.43 bits per heavy atom. The van der Waals surface area contributed by atoms with Gasteiger partial charge in [0.25, 0.3) is 0 Å². The van der Waals surface area contributed by atoms with Gasteiger partial charge < -0.3 is 10.6 Å². The van der Waals surface area contributed by atoms with E-state index in [1.165, 1.54) is 0 Å². The van der Waals surface area contributed by atoms with Gasteiger partial charge in [0.05, 0.1) is 10.7 Å². The zero-order valence-electron chi connectivity index (χ0n) is 12.1. The van der Waals surface area contributed by atoms with E-state index in [0.29, 0.717) is 22.9 Å². The lowest BCUT2D eigenvalue weighted by atomic mass is 10.1. The van der Waals surface area contributed by atoms with Gasteiger partial charge in [-0.25, -0.2) is 4.68 Å². The molecule has 0 fully saturated rings. The Morgan fingerprint density at radius 3 is 2.90 bits per heavy atom. The summed E-state index contributed by atoms with van der Waals surface area (Å²) in [6.07, 6.45) is 3.46. The van der Waals surface area contributed by atoms with E-state index in [9.17, 15) is 4.79 Å². The Kier molecular flexibility index (Phi) is 5.36. The van der Waals surface area contributed by atoms with Crippen LogP contribution in [-0.2, 0) is 4.79 Å². The first-order valence-electron chi connectivity index (χ1n) is 6.93. The van der Waals surface area contributed by atoms with Gasteiger partial charge >= 0.3 is 0 Å².